The quantitative estimate of drug-likeness (QED) is 0.289. The van der Waals surface area contributed by atoms with Crippen LogP contribution >= 0.6 is 0 Å². The Bertz CT molecular complexity index is 620. The van der Waals surface area contributed by atoms with Gasteiger partial charge in [0.2, 0.25) is 11.4 Å². The van der Waals surface area contributed by atoms with E-state index >= 15 is 0 Å². The van der Waals surface area contributed by atoms with Crippen LogP contribution in [0.1, 0.15) is 72.6 Å². The molecule has 3 atom stereocenters. The van der Waals surface area contributed by atoms with Gasteiger partial charge in [0.25, 0.3) is 0 Å². The van der Waals surface area contributed by atoms with Gasteiger partial charge in [-0.05, 0) is 31.6 Å². The van der Waals surface area contributed by atoms with E-state index in [1.807, 2.05) is 6.92 Å². The highest BCUT2D eigenvalue weighted by molar-refractivity contribution is 5.91. The highest BCUT2D eigenvalue weighted by Crippen LogP contribution is 2.37. The van der Waals surface area contributed by atoms with E-state index in [9.17, 15) is 24.9 Å². The van der Waals surface area contributed by atoms with Gasteiger partial charge in [0, 0.05) is 6.42 Å². The molecule has 0 saturated heterocycles. The Morgan fingerprint density at radius 2 is 1.75 bits per heavy atom. The summed E-state index contributed by atoms with van der Waals surface area (Å²) in [5.74, 6) is -3.57. The molecule has 1 aliphatic rings. The number of hydrogen-bond acceptors (Lipinski definition) is 6. The second-order valence-corrected chi connectivity index (χ2v) is 8.29. The minimum Gasteiger partial charge on any atom is -0.505 e. The van der Waals surface area contributed by atoms with Crippen LogP contribution in [-0.2, 0) is 14.3 Å². The molecule has 1 heterocycles. The topological polar surface area (TPSA) is 124 Å². The Hall–Kier alpha value is -2.02. The van der Waals surface area contributed by atoms with Gasteiger partial charge in [0.1, 0.15) is 0 Å². The molecule has 7 heteroatoms. The molecule has 4 N–H and O–H groups in total. The first-order valence-corrected chi connectivity index (χ1v) is 9.93. The SMILES string of the molecule is CC(=CC[C@]1([C@@H](O)C(=O)O)OC(=O)C(O)=C1O)CCCC(C)CCCC(C)C. The number of hydrogen-bond donors (Lipinski definition) is 4. The summed E-state index contributed by atoms with van der Waals surface area (Å²) in [6.45, 7) is 8.55. The predicted molar refractivity (Wildman–Crippen MR) is 105 cm³/mol. The molecular weight excluding hydrogens is 364 g/mol. The van der Waals surface area contributed by atoms with Crippen molar-refractivity contribution in [2.24, 2.45) is 11.8 Å². The van der Waals surface area contributed by atoms with Crippen LogP contribution in [0.25, 0.3) is 0 Å². The summed E-state index contributed by atoms with van der Waals surface area (Å²) in [6, 6.07) is 0. The van der Waals surface area contributed by atoms with E-state index in [0.29, 0.717) is 5.92 Å². The maximum absolute atomic E-state index is 11.5. The van der Waals surface area contributed by atoms with Gasteiger partial charge in [0.05, 0.1) is 0 Å². The number of aliphatic carboxylic acids is 1. The Morgan fingerprint density at radius 3 is 2.25 bits per heavy atom. The van der Waals surface area contributed by atoms with Crippen molar-refractivity contribution >= 4 is 11.9 Å². The molecule has 7 nitrogen and oxygen atoms in total. The lowest BCUT2D eigenvalue weighted by Gasteiger charge is -2.29. The molecule has 1 rings (SSSR count). The van der Waals surface area contributed by atoms with Crippen LogP contribution in [0.3, 0.4) is 0 Å². The summed E-state index contributed by atoms with van der Waals surface area (Å²) in [7, 11) is 0. The molecule has 0 aromatic heterocycles. The standard InChI is InChI=1S/C21H34O7/c1-13(2)7-5-8-14(3)9-6-10-15(4)11-12-21(18(24)19(25)26)17(23)16(22)20(27)28-21/h11,13-14,18,22-24H,5-10,12H2,1-4H3,(H,25,26)/t14?,18-,21-/m0/s1. The van der Waals surface area contributed by atoms with E-state index in [2.05, 4.69) is 20.8 Å². The summed E-state index contributed by atoms with van der Waals surface area (Å²) in [4.78, 5) is 22.7. The van der Waals surface area contributed by atoms with E-state index in [-0.39, 0.29) is 6.42 Å². The Balaban J connectivity index is 2.63. The monoisotopic (exact) mass is 398 g/mol. The van der Waals surface area contributed by atoms with Gasteiger partial charge in [-0.2, -0.15) is 0 Å². The minimum atomic E-state index is -2.20. The van der Waals surface area contributed by atoms with Crippen molar-refractivity contribution in [3.8, 4) is 0 Å². The Labute approximate surface area is 166 Å². The fourth-order valence-corrected chi connectivity index (χ4v) is 3.37. The van der Waals surface area contributed by atoms with Gasteiger partial charge in [-0.25, -0.2) is 9.59 Å². The molecule has 0 saturated carbocycles. The van der Waals surface area contributed by atoms with Gasteiger partial charge in [-0.3, -0.25) is 0 Å². The molecule has 0 spiro atoms. The van der Waals surface area contributed by atoms with Crippen LogP contribution < -0.4 is 0 Å². The first-order valence-electron chi connectivity index (χ1n) is 9.93. The van der Waals surface area contributed by atoms with E-state index in [4.69, 9.17) is 9.84 Å². The van der Waals surface area contributed by atoms with Crippen molar-refractivity contribution < 1.29 is 34.8 Å². The third kappa shape index (κ3) is 6.26. The highest BCUT2D eigenvalue weighted by atomic mass is 16.6. The molecule has 0 aliphatic carbocycles. The average Bonchev–Trinajstić information content (AvgIpc) is 2.83. The largest absolute Gasteiger partial charge is 0.505 e. The number of aliphatic hydroxyl groups is 3. The lowest BCUT2D eigenvalue weighted by Crippen LogP contribution is -2.49. The number of allylic oxidation sites excluding steroid dienone is 1. The summed E-state index contributed by atoms with van der Waals surface area (Å²) >= 11 is 0. The molecule has 0 radical (unpaired) electrons. The van der Waals surface area contributed by atoms with Crippen LogP contribution in [-0.4, -0.2) is 44.1 Å². The van der Waals surface area contributed by atoms with E-state index in [1.165, 1.54) is 19.3 Å². The van der Waals surface area contributed by atoms with Crippen LogP contribution in [0.4, 0.5) is 0 Å². The molecule has 1 aliphatic heterocycles. The maximum atomic E-state index is 11.5. The number of rotatable bonds is 12. The summed E-state index contributed by atoms with van der Waals surface area (Å²) in [5, 5.41) is 38.6. The van der Waals surface area contributed by atoms with E-state index in [1.54, 1.807) is 6.08 Å². The van der Waals surface area contributed by atoms with Crippen molar-refractivity contribution in [1.29, 1.82) is 0 Å². The third-order valence-corrected chi connectivity index (χ3v) is 5.27. The van der Waals surface area contributed by atoms with Crippen LogP contribution in [0.2, 0.25) is 0 Å². The number of carbonyl (C=O) groups excluding carboxylic acids is 1. The van der Waals surface area contributed by atoms with Crippen molar-refractivity contribution in [2.45, 2.75) is 84.3 Å². The fraction of sp³-hybridized carbons (Fsp3) is 0.714. The third-order valence-electron chi connectivity index (χ3n) is 5.27. The smallest absolute Gasteiger partial charge is 0.378 e. The zero-order chi connectivity index (χ0) is 21.5. The molecular formula is C21H34O7. The van der Waals surface area contributed by atoms with Crippen molar-refractivity contribution in [1.82, 2.24) is 0 Å². The predicted octanol–water partition coefficient (Wildman–Crippen LogP) is 4.02. The van der Waals surface area contributed by atoms with Gasteiger partial charge in [0.15, 0.2) is 11.9 Å². The van der Waals surface area contributed by atoms with Crippen LogP contribution in [0.5, 0.6) is 0 Å². The molecule has 28 heavy (non-hydrogen) atoms. The second-order valence-electron chi connectivity index (χ2n) is 8.29. The summed E-state index contributed by atoms with van der Waals surface area (Å²) < 4.78 is 4.86. The van der Waals surface area contributed by atoms with Crippen molar-refractivity contribution in [3.63, 3.8) is 0 Å². The van der Waals surface area contributed by atoms with Crippen molar-refractivity contribution in [2.75, 3.05) is 0 Å². The first kappa shape index (κ1) is 24.0. The zero-order valence-corrected chi connectivity index (χ0v) is 17.3. The molecule has 160 valence electrons. The lowest BCUT2D eigenvalue weighted by molar-refractivity contribution is -0.173. The number of carboxylic acid groups (broad SMARTS) is 1. The summed E-state index contributed by atoms with van der Waals surface area (Å²) in [5.41, 5.74) is -1.26. The molecule has 1 unspecified atom stereocenters. The first-order chi connectivity index (χ1) is 13.0. The number of ether oxygens (including phenoxy) is 1. The molecule has 0 amide bonds. The Morgan fingerprint density at radius 1 is 1.14 bits per heavy atom. The van der Waals surface area contributed by atoms with Gasteiger partial charge >= 0.3 is 11.9 Å². The maximum Gasteiger partial charge on any atom is 0.378 e. The molecule has 0 aromatic rings. The Kier molecular flexibility index (Phi) is 9.01. The van der Waals surface area contributed by atoms with E-state index in [0.717, 1.165) is 30.8 Å². The van der Waals surface area contributed by atoms with Gasteiger partial charge < -0.3 is 25.2 Å². The average molecular weight is 398 g/mol. The number of cyclic esters (lactones) is 1. The van der Waals surface area contributed by atoms with E-state index < -0.39 is 35.2 Å². The van der Waals surface area contributed by atoms with Crippen molar-refractivity contribution in [3.05, 3.63) is 23.2 Å². The summed E-state index contributed by atoms with van der Waals surface area (Å²) in [6.07, 6.45) is 5.69. The second kappa shape index (κ2) is 10.5. The fourth-order valence-electron chi connectivity index (χ4n) is 3.37. The number of aliphatic hydroxyl groups excluding tert-OH is 3. The zero-order valence-electron chi connectivity index (χ0n) is 17.3. The number of carboxylic acids is 1. The molecule has 0 fully saturated rings. The number of carbonyl (C=O) groups is 2. The van der Waals surface area contributed by atoms with Crippen LogP contribution in [0.15, 0.2) is 23.2 Å². The van der Waals surface area contributed by atoms with Crippen LogP contribution in [0, 0.1) is 11.8 Å². The van der Waals surface area contributed by atoms with Gasteiger partial charge in [-0.15, -0.1) is 0 Å². The lowest BCUT2D eigenvalue weighted by atomic mass is 9.89. The molecule has 0 bridgehead atoms. The molecule has 0 aromatic carbocycles. The highest BCUT2D eigenvalue weighted by Gasteiger charge is 2.56. The normalized spacial score (nSPS) is 22.5. The van der Waals surface area contributed by atoms with Gasteiger partial charge in [-0.1, -0.05) is 58.1 Å². The minimum absolute atomic E-state index is 0.238. The number of esters is 1.